The molecule has 0 heterocycles. The summed E-state index contributed by atoms with van der Waals surface area (Å²) < 4.78 is 0. The van der Waals surface area contributed by atoms with E-state index in [1.165, 1.54) is 289 Å². The molecule has 0 saturated carbocycles. The molecular formula is C57H119OTi. The van der Waals surface area contributed by atoms with Crippen LogP contribution in [0.3, 0.4) is 0 Å². The van der Waals surface area contributed by atoms with Gasteiger partial charge in [-0.1, -0.05) is 310 Å². The molecule has 0 aliphatic heterocycles. The van der Waals surface area contributed by atoms with Crippen LogP contribution in [0.4, 0.5) is 0 Å². The Hall–Kier alpha value is 0.674. The van der Waals surface area contributed by atoms with Gasteiger partial charge in [-0.2, -0.15) is 19.3 Å². The summed E-state index contributed by atoms with van der Waals surface area (Å²) in [4.78, 5) is 0. The van der Waals surface area contributed by atoms with E-state index < -0.39 is 0 Å². The third kappa shape index (κ3) is 90.3. The molecule has 0 unspecified atom stereocenters. The summed E-state index contributed by atoms with van der Waals surface area (Å²) in [5.41, 5.74) is 0. The fourth-order valence-corrected chi connectivity index (χ4v) is 7.64. The van der Waals surface area contributed by atoms with E-state index in [0.29, 0.717) is 0 Å². The van der Waals surface area contributed by atoms with Gasteiger partial charge in [0.15, 0.2) is 0 Å². The molecule has 357 valence electrons. The number of hydrogen-bond donors (Lipinski definition) is 1. The van der Waals surface area contributed by atoms with Gasteiger partial charge < -0.3 is 25.9 Å². The van der Waals surface area contributed by atoms with Crippen LogP contribution in [0.15, 0.2) is 0 Å². The predicted molar refractivity (Wildman–Crippen MR) is 272 cm³/mol. The van der Waals surface area contributed by atoms with Crippen molar-refractivity contribution in [3.63, 3.8) is 0 Å². The quantitative estimate of drug-likeness (QED) is 0.0367. The topological polar surface area (TPSA) is 20.2 Å². The molecule has 0 aromatic carbocycles. The molecule has 0 rings (SSSR count). The zero-order valence-corrected chi connectivity index (χ0v) is 44.1. The van der Waals surface area contributed by atoms with Crippen molar-refractivity contribution in [2.24, 2.45) is 0 Å². The molecule has 1 radical (unpaired) electrons. The minimum atomic E-state index is -0.167. The van der Waals surface area contributed by atoms with Gasteiger partial charge >= 0.3 is 21.7 Å². The van der Waals surface area contributed by atoms with E-state index in [1.807, 2.05) is 0 Å². The van der Waals surface area contributed by atoms with Crippen LogP contribution in [0.25, 0.3) is 0 Å². The molecule has 0 fully saturated rings. The number of aliphatic hydroxyl groups excluding tert-OH is 1. The Labute approximate surface area is 394 Å². The third-order valence-electron chi connectivity index (χ3n) is 11.6. The molecule has 0 amide bonds. The van der Waals surface area contributed by atoms with Gasteiger partial charge in [0.1, 0.15) is 0 Å². The van der Waals surface area contributed by atoms with Crippen molar-refractivity contribution in [3.8, 4) is 0 Å². The van der Waals surface area contributed by atoms with E-state index in [-0.39, 0.29) is 27.8 Å². The van der Waals surface area contributed by atoms with Gasteiger partial charge in [-0.05, 0) is 13.8 Å². The molecule has 59 heavy (non-hydrogen) atoms. The van der Waals surface area contributed by atoms with Gasteiger partial charge in [-0.3, -0.25) is 0 Å². The van der Waals surface area contributed by atoms with Crippen LogP contribution in [-0.2, 0) is 21.7 Å². The van der Waals surface area contributed by atoms with Crippen LogP contribution in [0.1, 0.15) is 343 Å². The fourth-order valence-electron chi connectivity index (χ4n) is 7.64. The Balaban J connectivity index is -0.000000234. The number of unbranched alkanes of at least 4 members (excludes halogenated alkanes) is 45. The first kappa shape index (κ1) is 68.7. The maximum atomic E-state index is 8.06. The summed E-state index contributed by atoms with van der Waals surface area (Å²) in [7, 11) is 0. The van der Waals surface area contributed by atoms with Crippen molar-refractivity contribution in [2.75, 3.05) is 0 Å². The van der Waals surface area contributed by atoms with Crippen LogP contribution in [-0.4, -0.2) is 11.2 Å². The summed E-state index contributed by atoms with van der Waals surface area (Å²) in [6, 6.07) is 0. The predicted octanol–water partition coefficient (Wildman–Crippen LogP) is 21.6. The first-order chi connectivity index (χ1) is 28.5. The van der Waals surface area contributed by atoms with Crippen LogP contribution in [0, 0.1) is 20.8 Å². The first-order valence-corrected chi connectivity index (χ1v) is 27.5. The largest absolute Gasteiger partial charge is 3.00 e. The molecule has 0 aliphatic carbocycles. The Morgan fingerprint density at radius 3 is 0.407 bits per heavy atom. The van der Waals surface area contributed by atoms with E-state index in [2.05, 4.69) is 41.5 Å². The van der Waals surface area contributed by atoms with Gasteiger partial charge in [-0.15, -0.1) is 0 Å². The zero-order valence-electron chi connectivity index (χ0n) is 42.6. The van der Waals surface area contributed by atoms with Gasteiger partial charge in [0.05, 0.1) is 0 Å². The second-order valence-electron chi connectivity index (χ2n) is 18.5. The molecule has 0 aromatic rings. The maximum Gasteiger partial charge on any atom is 3.00 e. The summed E-state index contributed by atoms with van der Waals surface area (Å²) in [5, 5.41) is 8.06. The molecule has 0 aromatic heterocycles. The van der Waals surface area contributed by atoms with Crippen LogP contribution in [0.2, 0.25) is 0 Å². The minimum Gasteiger partial charge on any atom is -0.394 e. The first-order valence-electron chi connectivity index (χ1n) is 27.5. The smallest absolute Gasteiger partial charge is 0.394 e. The number of aliphatic hydroxyl groups is 1. The summed E-state index contributed by atoms with van der Waals surface area (Å²) in [6.07, 6.45) is 68.3. The fraction of sp³-hybridized carbons (Fsp3) is 0.947. The van der Waals surface area contributed by atoms with Crippen molar-refractivity contribution in [3.05, 3.63) is 20.8 Å². The normalized spacial score (nSPS) is 10.7. The minimum absolute atomic E-state index is 0. The molecule has 1 N–H and O–H groups in total. The van der Waals surface area contributed by atoms with E-state index in [1.54, 1.807) is 13.8 Å². The van der Waals surface area contributed by atoms with E-state index in [4.69, 9.17) is 5.11 Å². The van der Waals surface area contributed by atoms with Crippen molar-refractivity contribution in [2.45, 2.75) is 349 Å². The van der Waals surface area contributed by atoms with Gasteiger partial charge in [0, 0.05) is 6.10 Å². The Bertz CT molecular complexity index is 464. The average molecular weight is 868 g/mol. The van der Waals surface area contributed by atoms with E-state index in [0.717, 1.165) is 19.3 Å². The monoisotopic (exact) mass is 868 g/mol. The van der Waals surface area contributed by atoms with Crippen LogP contribution >= 0.6 is 0 Å². The van der Waals surface area contributed by atoms with E-state index >= 15 is 0 Å². The van der Waals surface area contributed by atoms with Crippen LogP contribution in [0.5, 0.6) is 0 Å². The SMILES string of the molecule is CC(C)O.[CH2-]CCCCCCCCCCCCCCCCC.[CH2-]CCCCCCCCCCCCCCCCC.[CH2-]CCCCCCCCCCCCCCCCC.[Ti+3]. The van der Waals surface area contributed by atoms with Gasteiger partial charge in [-0.25, -0.2) is 0 Å². The standard InChI is InChI=1S/3C18H37.C3H8O.Ti/c3*1-3-5-7-9-11-13-15-17-18-16-14-12-10-8-6-4-2;1-3(2)4;/h3*1,3-18H2,2H3;3-4H,1-2H3;/q3*-1;;+3. The van der Waals surface area contributed by atoms with Crippen molar-refractivity contribution in [1.82, 2.24) is 0 Å². The summed E-state index contributed by atoms with van der Waals surface area (Å²) in [5.74, 6) is 0. The molecule has 2 heteroatoms. The van der Waals surface area contributed by atoms with Crippen LogP contribution < -0.4 is 0 Å². The molecule has 0 aliphatic rings. The molecule has 0 atom stereocenters. The Kier molecular flexibility index (Phi) is 85.1. The molecular weight excluding hydrogens is 748 g/mol. The molecule has 0 bridgehead atoms. The van der Waals surface area contributed by atoms with Crippen molar-refractivity contribution < 1.29 is 26.8 Å². The maximum absolute atomic E-state index is 8.06. The number of rotatable bonds is 45. The second-order valence-corrected chi connectivity index (χ2v) is 18.5. The van der Waals surface area contributed by atoms with Crippen molar-refractivity contribution in [1.29, 1.82) is 0 Å². The van der Waals surface area contributed by atoms with Gasteiger partial charge in [0.25, 0.3) is 0 Å². The Morgan fingerprint density at radius 2 is 0.322 bits per heavy atom. The van der Waals surface area contributed by atoms with Crippen molar-refractivity contribution >= 4 is 0 Å². The van der Waals surface area contributed by atoms with E-state index in [9.17, 15) is 0 Å². The number of hydrogen-bond acceptors (Lipinski definition) is 1. The molecule has 0 saturated heterocycles. The zero-order chi connectivity index (χ0) is 43.5. The van der Waals surface area contributed by atoms with Gasteiger partial charge in [0.2, 0.25) is 0 Å². The molecule has 1 nitrogen and oxygen atoms in total. The molecule has 0 spiro atoms. The summed E-state index contributed by atoms with van der Waals surface area (Å²) in [6.45, 7) is 22.0. The third-order valence-corrected chi connectivity index (χ3v) is 11.6. The second kappa shape index (κ2) is 73.1. The summed E-state index contributed by atoms with van der Waals surface area (Å²) >= 11 is 0. The Morgan fingerprint density at radius 1 is 0.237 bits per heavy atom. The average Bonchev–Trinajstić information content (AvgIpc) is 3.21.